The summed E-state index contributed by atoms with van der Waals surface area (Å²) in [5.74, 6) is -0.381. The molecule has 0 spiro atoms. The lowest BCUT2D eigenvalue weighted by molar-refractivity contribution is -0.0386. The molecule has 6 heteroatoms. The van der Waals surface area contributed by atoms with Crippen LogP contribution in [-0.2, 0) is 16.1 Å². The summed E-state index contributed by atoms with van der Waals surface area (Å²) >= 11 is 1.33. The van der Waals surface area contributed by atoms with Crippen LogP contribution in [0.25, 0.3) is 10.1 Å². The summed E-state index contributed by atoms with van der Waals surface area (Å²) in [5.41, 5.74) is 0.641. The van der Waals surface area contributed by atoms with E-state index < -0.39 is 0 Å². The van der Waals surface area contributed by atoms with Crippen molar-refractivity contribution in [1.29, 1.82) is 0 Å². The maximum absolute atomic E-state index is 14.2. The van der Waals surface area contributed by atoms with Crippen LogP contribution in [-0.4, -0.2) is 43.2 Å². The zero-order valence-electron chi connectivity index (χ0n) is 13.5. The van der Waals surface area contributed by atoms with Crippen molar-refractivity contribution in [3.8, 4) is 0 Å². The van der Waals surface area contributed by atoms with Crippen LogP contribution < -0.4 is 0 Å². The van der Waals surface area contributed by atoms with E-state index in [1.807, 2.05) is 24.8 Å². The minimum absolute atomic E-state index is 0.00385. The van der Waals surface area contributed by atoms with E-state index in [0.717, 1.165) is 4.70 Å². The Morgan fingerprint density at radius 2 is 2.26 bits per heavy atom. The van der Waals surface area contributed by atoms with Gasteiger partial charge in [-0.3, -0.25) is 4.79 Å². The molecule has 0 bridgehead atoms. The van der Waals surface area contributed by atoms with E-state index in [-0.39, 0.29) is 30.5 Å². The first-order chi connectivity index (χ1) is 11.0. The second-order valence-corrected chi connectivity index (χ2v) is 6.96. The molecule has 4 nitrogen and oxygen atoms in total. The van der Waals surface area contributed by atoms with E-state index in [4.69, 9.17) is 9.47 Å². The number of hydrogen-bond donors (Lipinski definition) is 0. The minimum atomic E-state index is -0.312. The molecule has 3 rings (SSSR count). The predicted octanol–water partition coefficient (Wildman–Crippen LogP) is 3.44. The number of carbonyl (C=O) groups excluding carboxylic acids is 1. The Labute approximate surface area is 138 Å². The second kappa shape index (κ2) is 6.55. The van der Waals surface area contributed by atoms with Crippen molar-refractivity contribution in [1.82, 2.24) is 4.90 Å². The van der Waals surface area contributed by atoms with Crippen molar-refractivity contribution < 1.29 is 18.7 Å². The molecule has 1 aliphatic heterocycles. The third kappa shape index (κ3) is 2.98. The number of thiophene rings is 1. The highest BCUT2D eigenvalue weighted by molar-refractivity contribution is 7.21. The lowest BCUT2D eigenvalue weighted by Gasteiger charge is -2.36. The molecule has 2 heterocycles. The smallest absolute Gasteiger partial charge is 0.264 e. The summed E-state index contributed by atoms with van der Waals surface area (Å²) in [6.07, 6.45) is 0.00661. The zero-order chi connectivity index (χ0) is 16.6. The number of carbonyl (C=O) groups is 1. The SMILES string of the molecule is COCc1c(C(=O)N2CC(C)OCC2C)sc2cccc(F)c12. The van der Waals surface area contributed by atoms with Crippen molar-refractivity contribution >= 4 is 27.3 Å². The maximum atomic E-state index is 14.2. The van der Waals surface area contributed by atoms with Gasteiger partial charge in [0, 0.05) is 29.3 Å². The summed E-state index contributed by atoms with van der Waals surface area (Å²) in [6, 6.07) is 4.93. The zero-order valence-corrected chi connectivity index (χ0v) is 14.3. The molecule has 1 saturated heterocycles. The van der Waals surface area contributed by atoms with Crippen LogP contribution in [0.2, 0.25) is 0 Å². The number of morpholine rings is 1. The number of ether oxygens (including phenoxy) is 2. The predicted molar refractivity (Wildman–Crippen MR) is 88.4 cm³/mol. The van der Waals surface area contributed by atoms with E-state index >= 15 is 0 Å². The van der Waals surface area contributed by atoms with E-state index in [1.54, 1.807) is 13.2 Å². The van der Waals surface area contributed by atoms with Gasteiger partial charge in [0.2, 0.25) is 0 Å². The fourth-order valence-corrected chi connectivity index (χ4v) is 4.12. The van der Waals surface area contributed by atoms with Gasteiger partial charge in [-0.15, -0.1) is 11.3 Å². The van der Waals surface area contributed by atoms with Crippen LogP contribution in [0.3, 0.4) is 0 Å². The molecule has 0 aliphatic carbocycles. The Hall–Kier alpha value is -1.50. The minimum Gasteiger partial charge on any atom is -0.380 e. The first kappa shape index (κ1) is 16.4. The number of rotatable bonds is 3. The monoisotopic (exact) mass is 337 g/mol. The topological polar surface area (TPSA) is 38.8 Å². The van der Waals surface area contributed by atoms with Gasteiger partial charge in [-0.25, -0.2) is 4.39 Å². The average Bonchev–Trinajstić information content (AvgIpc) is 2.89. The number of nitrogens with zero attached hydrogens (tertiary/aromatic N) is 1. The number of benzene rings is 1. The molecule has 0 radical (unpaired) electrons. The van der Waals surface area contributed by atoms with Crippen molar-refractivity contribution in [3.05, 3.63) is 34.5 Å². The first-order valence-corrected chi connectivity index (χ1v) is 8.46. The first-order valence-electron chi connectivity index (χ1n) is 7.64. The highest BCUT2D eigenvalue weighted by Crippen LogP contribution is 2.35. The lowest BCUT2D eigenvalue weighted by Crippen LogP contribution is -2.50. The summed E-state index contributed by atoms with van der Waals surface area (Å²) in [6.45, 7) is 5.20. The number of methoxy groups -OCH3 is 1. The molecule has 23 heavy (non-hydrogen) atoms. The Morgan fingerprint density at radius 3 is 3.00 bits per heavy atom. The second-order valence-electron chi connectivity index (χ2n) is 5.91. The lowest BCUT2D eigenvalue weighted by atomic mass is 10.1. The highest BCUT2D eigenvalue weighted by atomic mass is 32.1. The maximum Gasteiger partial charge on any atom is 0.264 e. The van der Waals surface area contributed by atoms with Gasteiger partial charge in [0.1, 0.15) is 5.82 Å². The summed E-state index contributed by atoms with van der Waals surface area (Å²) in [5, 5.41) is 0.497. The molecule has 1 amide bonds. The third-order valence-corrected chi connectivity index (χ3v) is 5.30. The van der Waals surface area contributed by atoms with Crippen LogP contribution in [0, 0.1) is 5.82 Å². The van der Waals surface area contributed by atoms with Crippen LogP contribution in [0.4, 0.5) is 4.39 Å². The fraction of sp³-hybridized carbons (Fsp3) is 0.471. The van der Waals surface area contributed by atoms with Crippen molar-refractivity contribution in [2.45, 2.75) is 32.6 Å². The molecule has 2 aromatic rings. The molecule has 1 fully saturated rings. The molecule has 0 N–H and O–H groups in total. The van der Waals surface area contributed by atoms with Gasteiger partial charge < -0.3 is 14.4 Å². The van der Waals surface area contributed by atoms with Crippen molar-refractivity contribution in [3.63, 3.8) is 0 Å². The van der Waals surface area contributed by atoms with Crippen molar-refractivity contribution in [2.24, 2.45) is 0 Å². The Balaban J connectivity index is 2.06. The quantitative estimate of drug-likeness (QED) is 0.861. The van der Waals surface area contributed by atoms with Gasteiger partial charge in [0.15, 0.2) is 0 Å². The fourth-order valence-electron chi connectivity index (χ4n) is 2.94. The van der Waals surface area contributed by atoms with Crippen LogP contribution in [0.5, 0.6) is 0 Å². The largest absolute Gasteiger partial charge is 0.380 e. The van der Waals surface area contributed by atoms with E-state index in [0.29, 0.717) is 29.0 Å². The third-order valence-electron chi connectivity index (χ3n) is 4.11. The van der Waals surface area contributed by atoms with E-state index in [2.05, 4.69) is 0 Å². The van der Waals surface area contributed by atoms with E-state index in [9.17, 15) is 9.18 Å². The van der Waals surface area contributed by atoms with Gasteiger partial charge in [-0.05, 0) is 26.0 Å². The molecule has 2 atom stereocenters. The van der Waals surface area contributed by atoms with Gasteiger partial charge in [0.05, 0.1) is 30.2 Å². The Morgan fingerprint density at radius 1 is 1.48 bits per heavy atom. The Kier molecular flexibility index (Phi) is 4.66. The summed E-state index contributed by atoms with van der Waals surface area (Å²) < 4.78 is 25.8. The standard InChI is InChI=1S/C17H20FNO3S/c1-10-8-22-11(2)7-19(10)17(20)16-12(9-21-3)15-13(18)5-4-6-14(15)23-16/h4-6,10-11H,7-9H2,1-3H3. The molecular formula is C17H20FNO3S. The summed E-state index contributed by atoms with van der Waals surface area (Å²) in [4.78, 5) is 15.4. The highest BCUT2D eigenvalue weighted by Gasteiger charge is 2.31. The van der Waals surface area contributed by atoms with Gasteiger partial charge in [-0.1, -0.05) is 6.07 Å². The molecule has 124 valence electrons. The van der Waals surface area contributed by atoms with Gasteiger partial charge in [-0.2, -0.15) is 0 Å². The number of amides is 1. The van der Waals surface area contributed by atoms with Crippen LogP contribution in [0.15, 0.2) is 18.2 Å². The van der Waals surface area contributed by atoms with Gasteiger partial charge in [0.25, 0.3) is 5.91 Å². The van der Waals surface area contributed by atoms with E-state index in [1.165, 1.54) is 17.4 Å². The molecule has 1 aromatic carbocycles. The number of fused-ring (bicyclic) bond motifs is 1. The van der Waals surface area contributed by atoms with Crippen molar-refractivity contribution in [2.75, 3.05) is 20.3 Å². The molecular weight excluding hydrogens is 317 g/mol. The Bertz CT molecular complexity index is 730. The van der Waals surface area contributed by atoms with Crippen LogP contribution in [0.1, 0.15) is 29.1 Å². The summed E-state index contributed by atoms with van der Waals surface area (Å²) in [7, 11) is 1.55. The molecule has 1 aliphatic rings. The molecule has 0 saturated carbocycles. The van der Waals surface area contributed by atoms with Crippen LogP contribution >= 0.6 is 11.3 Å². The number of halogens is 1. The normalized spacial score (nSPS) is 21.8. The number of hydrogen-bond acceptors (Lipinski definition) is 4. The molecule has 2 unspecified atom stereocenters. The average molecular weight is 337 g/mol. The van der Waals surface area contributed by atoms with Gasteiger partial charge >= 0.3 is 0 Å². The molecule has 1 aromatic heterocycles.